The minimum atomic E-state index is 0.310. The maximum Gasteiger partial charge on any atom is 0.218 e. The minimum Gasteiger partial charge on any atom is -0.474 e. The van der Waals surface area contributed by atoms with Crippen molar-refractivity contribution in [3.05, 3.63) is 23.9 Å². The Morgan fingerprint density at radius 2 is 2.19 bits per heavy atom. The van der Waals surface area contributed by atoms with Crippen LogP contribution in [-0.4, -0.2) is 41.8 Å². The van der Waals surface area contributed by atoms with Gasteiger partial charge in [-0.05, 0) is 57.9 Å². The first-order valence-electron chi connectivity index (χ1n) is 10.1. The molecule has 26 heavy (non-hydrogen) atoms. The Kier molecular flexibility index (Phi) is 5.58. The first-order chi connectivity index (χ1) is 12.8. The van der Waals surface area contributed by atoms with Gasteiger partial charge in [0.25, 0.3) is 0 Å². The van der Waals surface area contributed by atoms with E-state index in [1.54, 1.807) is 6.20 Å². The molecular weight excluding hydrogens is 328 g/mol. The molecule has 1 aliphatic carbocycles. The third-order valence-electron chi connectivity index (χ3n) is 5.61. The fourth-order valence-electron chi connectivity index (χ4n) is 4.26. The van der Waals surface area contributed by atoms with Crippen LogP contribution >= 0.6 is 0 Å². The molecule has 2 aliphatic heterocycles. The molecule has 3 atom stereocenters. The second-order valence-electron chi connectivity index (χ2n) is 7.55. The highest BCUT2D eigenvalue weighted by Gasteiger charge is 2.41. The molecule has 3 heterocycles. The molecule has 2 saturated heterocycles. The van der Waals surface area contributed by atoms with Crippen molar-refractivity contribution < 1.29 is 9.47 Å². The van der Waals surface area contributed by atoms with Crippen molar-refractivity contribution in [1.82, 2.24) is 15.6 Å². The summed E-state index contributed by atoms with van der Waals surface area (Å²) in [5, 5.41) is 6.92. The number of hydrogen-bond acceptors (Lipinski definition) is 4. The summed E-state index contributed by atoms with van der Waals surface area (Å²) < 4.78 is 12.1. The van der Waals surface area contributed by atoms with E-state index < -0.39 is 0 Å². The molecule has 0 amide bonds. The molecule has 3 unspecified atom stereocenters. The number of rotatable bonds is 6. The Bertz CT molecular complexity index is 630. The molecular formula is C20H30N4O2. The SMILES string of the molecule is CCNC(=NCc1cccnc1OC1CCCC1)NC1CC2CCC1O2. The quantitative estimate of drug-likeness (QED) is 0.605. The monoisotopic (exact) mass is 358 g/mol. The predicted molar refractivity (Wildman–Crippen MR) is 101 cm³/mol. The third-order valence-corrected chi connectivity index (χ3v) is 5.61. The lowest BCUT2D eigenvalue weighted by molar-refractivity contribution is 0.0992. The fourth-order valence-corrected chi connectivity index (χ4v) is 4.26. The molecule has 0 radical (unpaired) electrons. The molecule has 2 N–H and O–H groups in total. The van der Waals surface area contributed by atoms with Crippen LogP contribution in [0, 0.1) is 0 Å². The number of fused-ring (bicyclic) bond motifs is 2. The molecule has 4 rings (SSSR count). The summed E-state index contributed by atoms with van der Waals surface area (Å²) >= 11 is 0. The van der Waals surface area contributed by atoms with Gasteiger partial charge in [0.1, 0.15) is 6.10 Å². The van der Waals surface area contributed by atoms with Crippen molar-refractivity contribution in [1.29, 1.82) is 0 Å². The van der Waals surface area contributed by atoms with Crippen molar-refractivity contribution in [2.24, 2.45) is 4.99 Å². The zero-order chi connectivity index (χ0) is 17.8. The van der Waals surface area contributed by atoms with E-state index in [9.17, 15) is 0 Å². The summed E-state index contributed by atoms with van der Waals surface area (Å²) in [6.45, 7) is 3.49. The first kappa shape index (κ1) is 17.6. The van der Waals surface area contributed by atoms with Gasteiger partial charge in [-0.15, -0.1) is 0 Å². The Hall–Kier alpha value is -1.82. The summed E-state index contributed by atoms with van der Waals surface area (Å²) in [4.78, 5) is 9.23. The second-order valence-corrected chi connectivity index (χ2v) is 7.55. The van der Waals surface area contributed by atoms with E-state index in [1.807, 2.05) is 6.07 Å². The van der Waals surface area contributed by atoms with E-state index in [4.69, 9.17) is 14.5 Å². The largest absolute Gasteiger partial charge is 0.474 e. The van der Waals surface area contributed by atoms with Gasteiger partial charge in [0, 0.05) is 18.3 Å². The van der Waals surface area contributed by atoms with Gasteiger partial charge in [-0.1, -0.05) is 6.07 Å². The van der Waals surface area contributed by atoms with Crippen LogP contribution in [0.1, 0.15) is 57.4 Å². The van der Waals surface area contributed by atoms with Gasteiger partial charge < -0.3 is 20.1 Å². The Morgan fingerprint density at radius 1 is 1.31 bits per heavy atom. The van der Waals surface area contributed by atoms with Crippen LogP contribution < -0.4 is 15.4 Å². The van der Waals surface area contributed by atoms with Crippen LogP contribution in [0.3, 0.4) is 0 Å². The molecule has 0 aromatic carbocycles. The van der Waals surface area contributed by atoms with Crippen LogP contribution in [-0.2, 0) is 11.3 Å². The van der Waals surface area contributed by atoms with E-state index in [-0.39, 0.29) is 0 Å². The predicted octanol–water partition coefficient (Wildman–Crippen LogP) is 2.78. The van der Waals surface area contributed by atoms with Gasteiger partial charge in [-0.2, -0.15) is 0 Å². The zero-order valence-electron chi connectivity index (χ0n) is 15.6. The highest BCUT2D eigenvalue weighted by atomic mass is 16.5. The van der Waals surface area contributed by atoms with Crippen LogP contribution in [0.15, 0.2) is 23.3 Å². The highest BCUT2D eigenvalue weighted by Crippen LogP contribution is 2.34. The summed E-state index contributed by atoms with van der Waals surface area (Å²) in [5.41, 5.74) is 1.04. The average molecular weight is 358 g/mol. The van der Waals surface area contributed by atoms with Gasteiger partial charge in [-0.3, -0.25) is 0 Å². The van der Waals surface area contributed by atoms with Crippen LogP contribution in [0.5, 0.6) is 5.88 Å². The maximum atomic E-state index is 6.13. The number of nitrogens with one attached hydrogen (secondary N) is 2. The van der Waals surface area contributed by atoms with Crippen molar-refractivity contribution in [3.8, 4) is 5.88 Å². The van der Waals surface area contributed by atoms with Crippen LogP contribution in [0.4, 0.5) is 0 Å². The van der Waals surface area contributed by atoms with E-state index >= 15 is 0 Å². The highest BCUT2D eigenvalue weighted by molar-refractivity contribution is 5.80. The van der Waals surface area contributed by atoms with Crippen molar-refractivity contribution >= 4 is 5.96 Å². The summed E-state index contributed by atoms with van der Waals surface area (Å²) in [6.07, 6.45) is 11.1. The number of aliphatic imine (C=N–C) groups is 1. The van der Waals surface area contributed by atoms with Crippen molar-refractivity contribution in [2.45, 2.75) is 82.8 Å². The normalized spacial score (nSPS) is 28.5. The number of guanidine groups is 1. The summed E-state index contributed by atoms with van der Waals surface area (Å²) in [7, 11) is 0. The fraction of sp³-hybridized carbons (Fsp3) is 0.700. The number of aromatic nitrogens is 1. The van der Waals surface area contributed by atoms with Crippen LogP contribution in [0.25, 0.3) is 0 Å². The summed E-state index contributed by atoms with van der Waals surface area (Å²) in [5.74, 6) is 1.59. The van der Waals surface area contributed by atoms with Crippen molar-refractivity contribution in [3.63, 3.8) is 0 Å². The molecule has 1 aromatic heterocycles. The molecule has 0 spiro atoms. The molecule has 1 saturated carbocycles. The minimum absolute atomic E-state index is 0.310. The number of ether oxygens (including phenoxy) is 2. The number of nitrogens with zero attached hydrogens (tertiary/aromatic N) is 2. The average Bonchev–Trinajstić information content (AvgIpc) is 3.39. The maximum absolute atomic E-state index is 6.13. The smallest absolute Gasteiger partial charge is 0.218 e. The standard InChI is InChI=1S/C20H30N4O2/c1-2-21-20(24-17-12-16-9-10-18(17)25-16)23-13-14-6-5-11-22-19(14)26-15-7-3-4-8-15/h5-6,11,15-18H,2-4,7-10,12-13H2,1H3,(H2,21,23,24). The number of pyridine rings is 1. The lowest BCUT2D eigenvalue weighted by atomic mass is 9.96. The van der Waals surface area contributed by atoms with Gasteiger partial charge >= 0.3 is 0 Å². The van der Waals surface area contributed by atoms with E-state index in [2.05, 4.69) is 28.6 Å². The van der Waals surface area contributed by atoms with Gasteiger partial charge in [-0.25, -0.2) is 9.98 Å². The first-order valence-corrected chi connectivity index (χ1v) is 10.1. The van der Waals surface area contributed by atoms with Gasteiger partial charge in [0.05, 0.1) is 24.8 Å². The second kappa shape index (κ2) is 8.25. The molecule has 3 fully saturated rings. The summed E-state index contributed by atoms with van der Waals surface area (Å²) in [6, 6.07) is 4.39. The van der Waals surface area contributed by atoms with Crippen LogP contribution in [0.2, 0.25) is 0 Å². The lowest BCUT2D eigenvalue weighted by Gasteiger charge is -2.22. The number of hydrogen-bond donors (Lipinski definition) is 2. The molecule has 6 nitrogen and oxygen atoms in total. The van der Waals surface area contributed by atoms with Crippen molar-refractivity contribution in [2.75, 3.05) is 6.54 Å². The van der Waals surface area contributed by atoms with E-state index in [1.165, 1.54) is 19.3 Å². The van der Waals surface area contributed by atoms with E-state index in [0.717, 1.165) is 49.6 Å². The topological polar surface area (TPSA) is 67.8 Å². The Balaban J connectivity index is 1.41. The zero-order valence-corrected chi connectivity index (χ0v) is 15.6. The molecule has 142 valence electrons. The molecule has 1 aromatic rings. The Morgan fingerprint density at radius 3 is 2.92 bits per heavy atom. The molecule has 2 bridgehead atoms. The molecule has 3 aliphatic rings. The van der Waals surface area contributed by atoms with E-state index in [0.29, 0.717) is 30.9 Å². The Labute approximate surface area is 155 Å². The lowest BCUT2D eigenvalue weighted by Crippen LogP contribution is -2.47. The van der Waals surface area contributed by atoms with Gasteiger partial charge in [0.15, 0.2) is 5.96 Å². The van der Waals surface area contributed by atoms with Gasteiger partial charge in [0.2, 0.25) is 5.88 Å². The molecule has 6 heteroatoms. The third kappa shape index (κ3) is 4.11.